The highest BCUT2D eigenvalue weighted by molar-refractivity contribution is 5.80. The maximum Gasteiger partial charge on any atom is 0.236 e. The summed E-state index contributed by atoms with van der Waals surface area (Å²) in [5.41, 5.74) is 5.30. The highest BCUT2D eigenvalue weighted by Gasteiger charge is 2.15. The summed E-state index contributed by atoms with van der Waals surface area (Å²) in [5, 5.41) is 3.10. The number of carbonyl (C=O) groups excluding carboxylic acids is 1. The Labute approximate surface area is 112 Å². The molecule has 0 saturated heterocycles. The van der Waals surface area contributed by atoms with E-state index in [9.17, 15) is 4.79 Å². The number of carbonyl (C=O) groups is 1. The lowest BCUT2D eigenvalue weighted by Crippen LogP contribution is -2.47. The van der Waals surface area contributed by atoms with E-state index in [1.165, 1.54) is 32.1 Å². The molecule has 108 valence electrons. The van der Waals surface area contributed by atoms with Gasteiger partial charge in [0.1, 0.15) is 6.04 Å². The van der Waals surface area contributed by atoms with Crippen molar-refractivity contribution in [3.8, 4) is 0 Å². The molecule has 0 spiro atoms. The molecule has 1 atom stereocenters. The Kier molecular flexibility index (Phi) is 11.1. The van der Waals surface area contributed by atoms with Gasteiger partial charge in [0.2, 0.25) is 5.91 Å². The van der Waals surface area contributed by atoms with Crippen LogP contribution in [0.2, 0.25) is 0 Å². The molecule has 0 aliphatic rings. The van der Waals surface area contributed by atoms with Crippen LogP contribution >= 0.6 is 0 Å². The lowest BCUT2D eigenvalue weighted by atomic mass is 10.1. The Hall–Kier alpha value is -0.610. The van der Waals surface area contributed by atoms with Crippen molar-refractivity contribution in [1.82, 2.24) is 5.32 Å². The molecule has 18 heavy (non-hydrogen) atoms. The summed E-state index contributed by atoms with van der Waals surface area (Å²) in [4.78, 5) is 11.2. The number of nitrogens with one attached hydrogen (secondary N) is 1. The van der Waals surface area contributed by atoms with Crippen LogP contribution in [0.3, 0.4) is 0 Å². The van der Waals surface area contributed by atoms with Gasteiger partial charge in [-0.05, 0) is 6.42 Å². The largest absolute Gasteiger partial charge is 0.379 e. The van der Waals surface area contributed by atoms with E-state index in [2.05, 4.69) is 12.2 Å². The zero-order valence-corrected chi connectivity index (χ0v) is 12.2. The topological polar surface area (TPSA) is 64.3 Å². The number of unbranched alkanes of at least 4 members (excludes halogenated alkanes) is 5. The van der Waals surface area contributed by atoms with Gasteiger partial charge in [0, 0.05) is 12.6 Å². The molecule has 0 saturated carbocycles. The summed E-state index contributed by atoms with van der Waals surface area (Å²) in [7, 11) is 0. The first-order chi connectivity index (χ1) is 8.57. The maximum atomic E-state index is 11.2. The molecule has 0 rings (SSSR count). The molecule has 0 aliphatic heterocycles. The van der Waals surface area contributed by atoms with Crippen LogP contribution in [0.25, 0.3) is 0 Å². The SMILES string of the molecule is CCCCCCCCOCC(NC(C)C)C(N)=O. The van der Waals surface area contributed by atoms with E-state index >= 15 is 0 Å². The predicted octanol–water partition coefficient (Wildman–Crippen LogP) is 2.22. The summed E-state index contributed by atoms with van der Waals surface area (Å²) in [6.45, 7) is 7.29. The van der Waals surface area contributed by atoms with Crippen LogP contribution in [0.15, 0.2) is 0 Å². The first-order valence-corrected chi connectivity index (χ1v) is 7.21. The summed E-state index contributed by atoms with van der Waals surface area (Å²) in [6, 6.07) is -0.134. The Bertz CT molecular complexity index is 208. The Morgan fingerprint density at radius 3 is 2.33 bits per heavy atom. The number of amides is 1. The molecule has 1 amide bonds. The van der Waals surface area contributed by atoms with Crippen molar-refractivity contribution >= 4 is 5.91 Å². The predicted molar refractivity (Wildman–Crippen MR) is 75.4 cm³/mol. The fraction of sp³-hybridized carbons (Fsp3) is 0.929. The van der Waals surface area contributed by atoms with Gasteiger partial charge in [-0.25, -0.2) is 0 Å². The van der Waals surface area contributed by atoms with Crippen LogP contribution in [0, 0.1) is 0 Å². The van der Waals surface area contributed by atoms with Crippen molar-refractivity contribution in [3.63, 3.8) is 0 Å². The minimum absolute atomic E-state index is 0.236. The lowest BCUT2D eigenvalue weighted by Gasteiger charge is -2.18. The first-order valence-electron chi connectivity index (χ1n) is 7.21. The van der Waals surface area contributed by atoms with Crippen LogP contribution in [-0.4, -0.2) is 31.2 Å². The van der Waals surface area contributed by atoms with E-state index in [0.29, 0.717) is 6.61 Å². The number of ether oxygens (including phenoxy) is 1. The monoisotopic (exact) mass is 258 g/mol. The zero-order valence-electron chi connectivity index (χ0n) is 12.2. The smallest absolute Gasteiger partial charge is 0.236 e. The third-order valence-electron chi connectivity index (χ3n) is 2.80. The van der Waals surface area contributed by atoms with Gasteiger partial charge in [-0.3, -0.25) is 4.79 Å². The van der Waals surface area contributed by atoms with Gasteiger partial charge in [-0.2, -0.15) is 0 Å². The van der Waals surface area contributed by atoms with Crippen molar-refractivity contribution < 1.29 is 9.53 Å². The molecule has 4 heteroatoms. The molecule has 0 bridgehead atoms. The molecule has 0 aliphatic carbocycles. The summed E-state index contributed by atoms with van der Waals surface area (Å²) >= 11 is 0. The average molecular weight is 258 g/mol. The summed E-state index contributed by atoms with van der Waals surface area (Å²) in [5.74, 6) is -0.341. The molecule has 4 nitrogen and oxygen atoms in total. The standard InChI is InChI=1S/C14H30N2O2/c1-4-5-6-7-8-9-10-18-11-13(14(15)17)16-12(2)3/h12-13,16H,4-11H2,1-3H3,(H2,15,17). The second-order valence-corrected chi connectivity index (χ2v) is 5.12. The Morgan fingerprint density at radius 2 is 1.78 bits per heavy atom. The highest BCUT2D eigenvalue weighted by atomic mass is 16.5. The fourth-order valence-corrected chi connectivity index (χ4v) is 1.80. The number of hydrogen-bond acceptors (Lipinski definition) is 3. The van der Waals surface area contributed by atoms with Gasteiger partial charge in [-0.1, -0.05) is 52.9 Å². The highest BCUT2D eigenvalue weighted by Crippen LogP contribution is 2.05. The zero-order chi connectivity index (χ0) is 13.8. The van der Waals surface area contributed by atoms with E-state index in [-0.39, 0.29) is 18.0 Å². The molecule has 0 aromatic carbocycles. The Morgan fingerprint density at radius 1 is 1.17 bits per heavy atom. The van der Waals surface area contributed by atoms with Crippen molar-refractivity contribution in [2.45, 2.75) is 71.4 Å². The minimum atomic E-state index is -0.370. The molecule has 3 N–H and O–H groups in total. The van der Waals surface area contributed by atoms with Crippen molar-refractivity contribution in [3.05, 3.63) is 0 Å². The number of nitrogens with two attached hydrogens (primary N) is 1. The number of rotatable bonds is 12. The Balaban J connectivity index is 3.47. The van der Waals surface area contributed by atoms with E-state index in [4.69, 9.17) is 10.5 Å². The first kappa shape index (κ1) is 17.4. The third-order valence-corrected chi connectivity index (χ3v) is 2.80. The molecule has 0 heterocycles. The van der Waals surface area contributed by atoms with Gasteiger partial charge in [-0.15, -0.1) is 0 Å². The second-order valence-electron chi connectivity index (χ2n) is 5.12. The maximum absolute atomic E-state index is 11.2. The number of hydrogen-bond donors (Lipinski definition) is 2. The van der Waals surface area contributed by atoms with Gasteiger partial charge in [0.05, 0.1) is 6.61 Å². The van der Waals surface area contributed by atoms with Crippen molar-refractivity contribution in [1.29, 1.82) is 0 Å². The van der Waals surface area contributed by atoms with E-state index in [1.807, 2.05) is 13.8 Å². The van der Waals surface area contributed by atoms with Gasteiger partial charge in [0.15, 0.2) is 0 Å². The van der Waals surface area contributed by atoms with Crippen LogP contribution in [0.4, 0.5) is 0 Å². The van der Waals surface area contributed by atoms with E-state index in [0.717, 1.165) is 13.0 Å². The van der Waals surface area contributed by atoms with Crippen LogP contribution in [-0.2, 0) is 9.53 Å². The summed E-state index contributed by atoms with van der Waals surface area (Å²) < 4.78 is 5.50. The van der Waals surface area contributed by atoms with Crippen LogP contribution in [0.5, 0.6) is 0 Å². The fourth-order valence-electron chi connectivity index (χ4n) is 1.80. The second kappa shape index (κ2) is 11.5. The molecule has 0 fully saturated rings. The summed E-state index contributed by atoms with van der Waals surface area (Å²) in [6.07, 6.45) is 7.46. The van der Waals surface area contributed by atoms with Crippen molar-refractivity contribution in [2.24, 2.45) is 5.73 Å². The average Bonchev–Trinajstić information content (AvgIpc) is 2.30. The van der Waals surface area contributed by atoms with Gasteiger partial charge >= 0.3 is 0 Å². The van der Waals surface area contributed by atoms with Gasteiger partial charge < -0.3 is 15.8 Å². The van der Waals surface area contributed by atoms with Gasteiger partial charge in [0.25, 0.3) is 0 Å². The molecular formula is C14H30N2O2. The van der Waals surface area contributed by atoms with Crippen molar-refractivity contribution in [2.75, 3.05) is 13.2 Å². The van der Waals surface area contributed by atoms with E-state index in [1.54, 1.807) is 0 Å². The molecular weight excluding hydrogens is 228 g/mol. The van der Waals surface area contributed by atoms with Crippen LogP contribution < -0.4 is 11.1 Å². The third kappa shape index (κ3) is 10.5. The molecule has 0 radical (unpaired) electrons. The lowest BCUT2D eigenvalue weighted by molar-refractivity contribution is -0.121. The normalized spacial score (nSPS) is 12.9. The quantitative estimate of drug-likeness (QED) is 0.528. The minimum Gasteiger partial charge on any atom is -0.379 e. The van der Waals surface area contributed by atoms with E-state index < -0.39 is 0 Å². The molecule has 0 aromatic rings. The molecule has 0 aromatic heterocycles. The number of primary amides is 1. The molecule has 1 unspecified atom stereocenters. The van der Waals surface area contributed by atoms with Crippen LogP contribution in [0.1, 0.15) is 59.3 Å².